The van der Waals surface area contributed by atoms with E-state index in [4.69, 9.17) is 0 Å². The van der Waals surface area contributed by atoms with Gasteiger partial charge in [0.2, 0.25) is 5.82 Å². The van der Waals surface area contributed by atoms with Crippen LogP contribution in [-0.4, -0.2) is 16.2 Å². The van der Waals surface area contributed by atoms with Crippen molar-refractivity contribution in [1.82, 2.24) is 10.3 Å². The van der Waals surface area contributed by atoms with Gasteiger partial charge in [0.1, 0.15) is 5.82 Å². The number of carbonyl (C=O) groups excluding carboxylic acids is 1. The molecule has 5 nitrogen and oxygen atoms in total. The Labute approximate surface area is 119 Å². The van der Waals surface area contributed by atoms with Crippen molar-refractivity contribution in [2.75, 3.05) is 5.32 Å². The first-order chi connectivity index (χ1) is 10.2. The van der Waals surface area contributed by atoms with Crippen LogP contribution >= 0.6 is 0 Å². The van der Waals surface area contributed by atoms with Crippen molar-refractivity contribution in [3.05, 3.63) is 66.0 Å². The van der Waals surface area contributed by atoms with Gasteiger partial charge in [-0.2, -0.15) is 0 Å². The van der Waals surface area contributed by atoms with Gasteiger partial charge in [0, 0.05) is 11.1 Å². The molecule has 0 radical (unpaired) electrons. The van der Waals surface area contributed by atoms with E-state index in [1.807, 2.05) is 30.3 Å². The molecule has 1 aromatic heterocycles. The Hall–Kier alpha value is -3.02. The highest BCUT2D eigenvalue weighted by Gasteiger charge is 2.15. The van der Waals surface area contributed by atoms with Crippen LogP contribution in [0, 0.1) is 5.82 Å². The average Bonchev–Trinajstić information content (AvgIpc) is 2.97. The molecule has 6 heteroatoms. The third kappa shape index (κ3) is 2.79. The maximum absolute atomic E-state index is 12.8. The number of hydrogen-bond donors (Lipinski definition) is 1. The SMILES string of the molecule is O=C(Nc1nonc1-c1ccccc1)c1ccc(F)cc1. The van der Waals surface area contributed by atoms with Gasteiger partial charge in [0.15, 0.2) is 5.69 Å². The highest BCUT2D eigenvalue weighted by Crippen LogP contribution is 2.24. The van der Waals surface area contributed by atoms with Crippen LogP contribution < -0.4 is 5.32 Å². The lowest BCUT2D eigenvalue weighted by Gasteiger charge is -2.03. The third-order valence-corrected chi connectivity index (χ3v) is 2.87. The summed E-state index contributed by atoms with van der Waals surface area (Å²) in [6.45, 7) is 0. The van der Waals surface area contributed by atoms with Crippen LogP contribution in [0.25, 0.3) is 11.3 Å². The fourth-order valence-electron chi connectivity index (χ4n) is 1.84. The highest BCUT2D eigenvalue weighted by atomic mass is 19.1. The molecule has 0 aliphatic carbocycles. The van der Waals surface area contributed by atoms with Crippen molar-refractivity contribution in [2.24, 2.45) is 0 Å². The van der Waals surface area contributed by atoms with E-state index in [1.165, 1.54) is 24.3 Å². The summed E-state index contributed by atoms with van der Waals surface area (Å²) >= 11 is 0. The normalized spacial score (nSPS) is 10.3. The van der Waals surface area contributed by atoms with Crippen LogP contribution in [0.15, 0.2) is 59.2 Å². The van der Waals surface area contributed by atoms with Gasteiger partial charge in [-0.25, -0.2) is 9.02 Å². The van der Waals surface area contributed by atoms with Crippen LogP contribution in [0.5, 0.6) is 0 Å². The number of nitrogens with one attached hydrogen (secondary N) is 1. The minimum absolute atomic E-state index is 0.218. The van der Waals surface area contributed by atoms with Gasteiger partial charge in [-0.3, -0.25) is 4.79 Å². The van der Waals surface area contributed by atoms with Gasteiger partial charge < -0.3 is 5.32 Å². The first-order valence-corrected chi connectivity index (χ1v) is 6.19. The molecule has 21 heavy (non-hydrogen) atoms. The van der Waals surface area contributed by atoms with Crippen molar-refractivity contribution in [3.63, 3.8) is 0 Å². The Morgan fingerprint density at radius 2 is 1.71 bits per heavy atom. The fraction of sp³-hybridized carbons (Fsp3) is 0. The summed E-state index contributed by atoms with van der Waals surface area (Å²) < 4.78 is 17.5. The molecular formula is C15H10FN3O2. The molecule has 1 amide bonds. The van der Waals surface area contributed by atoms with E-state index < -0.39 is 11.7 Å². The summed E-state index contributed by atoms with van der Waals surface area (Å²) in [4.78, 5) is 12.1. The molecule has 3 rings (SSSR count). The van der Waals surface area contributed by atoms with Gasteiger partial charge in [0.05, 0.1) is 0 Å². The van der Waals surface area contributed by atoms with E-state index in [-0.39, 0.29) is 5.82 Å². The molecule has 0 fully saturated rings. The minimum atomic E-state index is -0.414. The molecule has 0 atom stereocenters. The Balaban J connectivity index is 1.85. The predicted molar refractivity (Wildman–Crippen MR) is 74.1 cm³/mol. The number of rotatable bonds is 3. The quantitative estimate of drug-likeness (QED) is 0.801. The van der Waals surface area contributed by atoms with Crippen molar-refractivity contribution < 1.29 is 13.8 Å². The topological polar surface area (TPSA) is 68.0 Å². The largest absolute Gasteiger partial charge is 0.302 e. The second-order valence-corrected chi connectivity index (χ2v) is 4.29. The van der Waals surface area contributed by atoms with Crippen molar-refractivity contribution >= 4 is 11.7 Å². The molecule has 0 aliphatic heterocycles. The lowest BCUT2D eigenvalue weighted by atomic mass is 10.1. The van der Waals surface area contributed by atoms with E-state index >= 15 is 0 Å². The molecule has 1 heterocycles. The number of nitrogens with zero attached hydrogens (tertiary/aromatic N) is 2. The number of hydrogen-bond acceptors (Lipinski definition) is 4. The second-order valence-electron chi connectivity index (χ2n) is 4.29. The molecule has 2 aromatic carbocycles. The molecule has 104 valence electrons. The molecule has 0 bridgehead atoms. The predicted octanol–water partition coefficient (Wildman–Crippen LogP) is 3.13. The summed E-state index contributed by atoms with van der Waals surface area (Å²) in [5.41, 5.74) is 1.53. The molecule has 0 spiro atoms. The highest BCUT2D eigenvalue weighted by molar-refractivity contribution is 6.05. The van der Waals surface area contributed by atoms with Crippen LogP contribution in [-0.2, 0) is 0 Å². The number of anilines is 1. The maximum atomic E-state index is 12.8. The van der Waals surface area contributed by atoms with E-state index in [0.717, 1.165) is 5.56 Å². The van der Waals surface area contributed by atoms with Gasteiger partial charge in [-0.15, -0.1) is 0 Å². The Kier molecular flexibility index (Phi) is 3.42. The molecule has 0 saturated heterocycles. The van der Waals surface area contributed by atoms with E-state index in [0.29, 0.717) is 11.3 Å². The molecule has 0 aliphatic rings. The monoisotopic (exact) mass is 283 g/mol. The zero-order valence-corrected chi connectivity index (χ0v) is 10.8. The maximum Gasteiger partial charge on any atom is 0.256 e. The van der Waals surface area contributed by atoms with Crippen molar-refractivity contribution in [3.8, 4) is 11.3 Å². The van der Waals surface area contributed by atoms with Gasteiger partial charge >= 0.3 is 0 Å². The zero-order valence-electron chi connectivity index (χ0n) is 10.8. The van der Waals surface area contributed by atoms with E-state index in [2.05, 4.69) is 20.3 Å². The lowest BCUT2D eigenvalue weighted by molar-refractivity contribution is 0.102. The Morgan fingerprint density at radius 1 is 1.00 bits per heavy atom. The van der Waals surface area contributed by atoms with Crippen LogP contribution in [0.4, 0.5) is 10.2 Å². The summed E-state index contributed by atoms with van der Waals surface area (Å²) in [5, 5.41) is 10.1. The number of amides is 1. The molecule has 0 saturated carbocycles. The minimum Gasteiger partial charge on any atom is -0.302 e. The lowest BCUT2D eigenvalue weighted by Crippen LogP contribution is -2.12. The second kappa shape index (κ2) is 5.54. The summed E-state index contributed by atoms with van der Waals surface area (Å²) in [5.74, 6) is -0.599. The zero-order chi connectivity index (χ0) is 14.7. The Morgan fingerprint density at radius 3 is 2.43 bits per heavy atom. The van der Waals surface area contributed by atoms with Gasteiger partial charge in [-0.1, -0.05) is 30.3 Å². The van der Waals surface area contributed by atoms with Crippen molar-refractivity contribution in [2.45, 2.75) is 0 Å². The summed E-state index contributed by atoms with van der Waals surface area (Å²) in [6, 6.07) is 14.4. The van der Waals surface area contributed by atoms with Gasteiger partial charge in [-0.05, 0) is 34.6 Å². The van der Waals surface area contributed by atoms with E-state index in [9.17, 15) is 9.18 Å². The van der Waals surface area contributed by atoms with Gasteiger partial charge in [0.25, 0.3) is 5.91 Å². The van der Waals surface area contributed by atoms with E-state index in [1.54, 1.807) is 0 Å². The Bertz CT molecular complexity index is 754. The first-order valence-electron chi connectivity index (χ1n) is 6.19. The molecular weight excluding hydrogens is 273 g/mol. The summed E-state index contributed by atoms with van der Waals surface area (Å²) in [7, 11) is 0. The fourth-order valence-corrected chi connectivity index (χ4v) is 1.84. The smallest absolute Gasteiger partial charge is 0.256 e. The third-order valence-electron chi connectivity index (χ3n) is 2.87. The van der Waals surface area contributed by atoms with Crippen molar-refractivity contribution in [1.29, 1.82) is 0 Å². The van der Waals surface area contributed by atoms with Crippen LogP contribution in [0.1, 0.15) is 10.4 Å². The van der Waals surface area contributed by atoms with Crippen LogP contribution in [0.2, 0.25) is 0 Å². The standard InChI is InChI=1S/C15H10FN3O2/c16-12-8-6-11(7-9-12)15(20)17-14-13(18-21-19-14)10-4-2-1-3-5-10/h1-9H,(H,17,19,20). The summed E-state index contributed by atoms with van der Waals surface area (Å²) in [6.07, 6.45) is 0. The number of carbonyl (C=O) groups is 1. The molecule has 0 unspecified atom stereocenters. The first kappa shape index (κ1) is 13.0. The van der Waals surface area contributed by atoms with Crippen LogP contribution in [0.3, 0.4) is 0 Å². The number of halogens is 1. The number of benzene rings is 2. The molecule has 3 aromatic rings. The molecule has 1 N–H and O–H groups in total. The number of aromatic nitrogens is 2. The average molecular weight is 283 g/mol.